The van der Waals surface area contributed by atoms with Crippen LogP contribution in [-0.2, 0) is 6.54 Å². The Hall–Kier alpha value is -2.30. The number of nitrogens with one attached hydrogen (secondary N) is 2. The summed E-state index contributed by atoms with van der Waals surface area (Å²) in [5.41, 5.74) is 11.1. The van der Waals surface area contributed by atoms with E-state index < -0.39 is 0 Å². The van der Waals surface area contributed by atoms with E-state index in [1.54, 1.807) is 0 Å². The molecule has 1 heterocycles. The van der Waals surface area contributed by atoms with E-state index in [1.165, 1.54) is 5.56 Å². The number of aromatic nitrogens is 2. The lowest BCUT2D eigenvalue weighted by Gasteiger charge is -2.06. The fourth-order valence-electron chi connectivity index (χ4n) is 1.80. The number of benzene rings is 1. The molecule has 0 radical (unpaired) electrons. The van der Waals surface area contributed by atoms with Crippen molar-refractivity contribution in [3.63, 3.8) is 0 Å². The van der Waals surface area contributed by atoms with Gasteiger partial charge in [-0.2, -0.15) is 5.10 Å². The van der Waals surface area contributed by atoms with Crippen LogP contribution in [0.1, 0.15) is 22.5 Å². The van der Waals surface area contributed by atoms with Crippen molar-refractivity contribution >= 4 is 11.6 Å². The predicted molar refractivity (Wildman–Crippen MR) is 78.2 cm³/mol. The first-order valence-corrected chi connectivity index (χ1v) is 6.20. The monoisotopic (exact) mass is 257 g/mol. The number of guanidine groups is 1. The Morgan fingerprint density at radius 3 is 2.53 bits per heavy atom. The quantitative estimate of drug-likeness (QED) is 0.583. The van der Waals surface area contributed by atoms with Gasteiger partial charge in [0.1, 0.15) is 0 Å². The average Bonchev–Trinajstić information content (AvgIpc) is 2.70. The van der Waals surface area contributed by atoms with E-state index in [9.17, 15) is 0 Å². The topological polar surface area (TPSA) is 79.1 Å². The Morgan fingerprint density at radius 1 is 1.26 bits per heavy atom. The molecule has 0 aliphatic heterocycles. The molecule has 0 aliphatic rings. The summed E-state index contributed by atoms with van der Waals surface area (Å²) in [5.74, 6) is 0.406. The SMILES string of the molecule is Cc1ccc(NC(N)=NCc2c(C)n[nH]c2C)cc1. The van der Waals surface area contributed by atoms with E-state index in [2.05, 4.69) is 20.5 Å². The van der Waals surface area contributed by atoms with Crippen LogP contribution in [0.2, 0.25) is 0 Å². The third-order valence-corrected chi connectivity index (χ3v) is 3.01. The van der Waals surface area contributed by atoms with E-state index in [-0.39, 0.29) is 0 Å². The number of hydrogen-bond acceptors (Lipinski definition) is 2. The molecule has 100 valence electrons. The van der Waals surface area contributed by atoms with Crippen molar-refractivity contribution in [2.75, 3.05) is 5.32 Å². The van der Waals surface area contributed by atoms with E-state index in [1.807, 2.05) is 45.0 Å². The van der Waals surface area contributed by atoms with Gasteiger partial charge >= 0.3 is 0 Å². The minimum atomic E-state index is 0.406. The molecular weight excluding hydrogens is 238 g/mol. The van der Waals surface area contributed by atoms with Gasteiger partial charge in [-0.05, 0) is 32.9 Å². The number of nitrogens with zero attached hydrogens (tertiary/aromatic N) is 2. The zero-order valence-electron chi connectivity index (χ0n) is 11.5. The molecule has 5 heteroatoms. The van der Waals surface area contributed by atoms with Crippen molar-refractivity contribution < 1.29 is 0 Å². The second kappa shape index (κ2) is 5.56. The number of aliphatic imine (C=N–C) groups is 1. The maximum atomic E-state index is 5.87. The van der Waals surface area contributed by atoms with Crippen molar-refractivity contribution in [3.05, 3.63) is 46.8 Å². The summed E-state index contributed by atoms with van der Waals surface area (Å²) in [4.78, 5) is 4.33. The normalized spacial score (nSPS) is 11.6. The summed E-state index contributed by atoms with van der Waals surface area (Å²) in [6.07, 6.45) is 0. The molecular formula is C14H19N5. The number of anilines is 1. The Kier molecular flexibility index (Phi) is 3.85. The van der Waals surface area contributed by atoms with Gasteiger partial charge in [-0.25, -0.2) is 4.99 Å². The van der Waals surface area contributed by atoms with Crippen LogP contribution in [0.15, 0.2) is 29.3 Å². The van der Waals surface area contributed by atoms with Gasteiger partial charge < -0.3 is 11.1 Å². The number of rotatable bonds is 3. The molecule has 2 aromatic rings. The molecule has 1 aromatic carbocycles. The van der Waals surface area contributed by atoms with Gasteiger partial charge in [0, 0.05) is 16.9 Å². The van der Waals surface area contributed by atoms with Crippen LogP contribution < -0.4 is 11.1 Å². The zero-order chi connectivity index (χ0) is 13.8. The van der Waals surface area contributed by atoms with Gasteiger partial charge in [0.15, 0.2) is 5.96 Å². The number of aryl methyl sites for hydroxylation is 3. The largest absolute Gasteiger partial charge is 0.370 e. The van der Waals surface area contributed by atoms with Crippen molar-refractivity contribution in [3.8, 4) is 0 Å². The third kappa shape index (κ3) is 3.34. The van der Waals surface area contributed by atoms with Crippen molar-refractivity contribution in [2.24, 2.45) is 10.7 Å². The van der Waals surface area contributed by atoms with Crippen LogP contribution in [0, 0.1) is 20.8 Å². The predicted octanol–water partition coefficient (Wildman–Crippen LogP) is 2.26. The van der Waals surface area contributed by atoms with E-state index in [4.69, 9.17) is 5.73 Å². The summed E-state index contributed by atoms with van der Waals surface area (Å²) in [6.45, 7) is 6.51. The van der Waals surface area contributed by atoms with Crippen LogP contribution in [-0.4, -0.2) is 16.2 Å². The van der Waals surface area contributed by atoms with Gasteiger partial charge in [-0.1, -0.05) is 17.7 Å². The number of H-pyrrole nitrogens is 1. The molecule has 2 rings (SSSR count). The smallest absolute Gasteiger partial charge is 0.193 e. The summed E-state index contributed by atoms with van der Waals surface area (Å²) >= 11 is 0. The molecule has 0 unspecified atom stereocenters. The first-order chi connectivity index (χ1) is 9.06. The highest BCUT2D eigenvalue weighted by molar-refractivity contribution is 5.92. The molecule has 0 aliphatic carbocycles. The Balaban J connectivity index is 2.02. The highest BCUT2D eigenvalue weighted by atomic mass is 15.1. The van der Waals surface area contributed by atoms with Gasteiger partial charge in [0.05, 0.1) is 12.2 Å². The van der Waals surface area contributed by atoms with Crippen LogP contribution in [0.5, 0.6) is 0 Å². The molecule has 0 spiro atoms. The minimum Gasteiger partial charge on any atom is -0.370 e. The van der Waals surface area contributed by atoms with Crippen molar-refractivity contribution in [1.29, 1.82) is 0 Å². The van der Waals surface area contributed by atoms with Gasteiger partial charge in [0.2, 0.25) is 0 Å². The minimum absolute atomic E-state index is 0.406. The lowest BCUT2D eigenvalue weighted by atomic mass is 10.2. The lowest BCUT2D eigenvalue weighted by Crippen LogP contribution is -2.22. The molecule has 4 N–H and O–H groups in total. The standard InChI is InChI=1S/C14H19N5/c1-9-4-6-12(7-5-9)17-14(15)16-8-13-10(2)18-19-11(13)3/h4-7H,8H2,1-3H3,(H,18,19)(H3,15,16,17). The molecule has 0 fully saturated rings. The summed E-state index contributed by atoms with van der Waals surface area (Å²) < 4.78 is 0. The number of nitrogens with two attached hydrogens (primary N) is 1. The maximum absolute atomic E-state index is 5.87. The van der Waals surface area contributed by atoms with E-state index in [0.717, 1.165) is 22.6 Å². The number of aromatic amines is 1. The first-order valence-electron chi connectivity index (χ1n) is 6.20. The second-order valence-corrected chi connectivity index (χ2v) is 4.61. The van der Waals surface area contributed by atoms with Crippen molar-refractivity contribution in [2.45, 2.75) is 27.3 Å². The summed E-state index contributed by atoms with van der Waals surface area (Å²) in [5, 5.41) is 10.1. The first kappa shape index (κ1) is 13.1. The maximum Gasteiger partial charge on any atom is 0.193 e. The van der Waals surface area contributed by atoms with E-state index in [0.29, 0.717) is 12.5 Å². The van der Waals surface area contributed by atoms with Gasteiger partial charge in [-0.15, -0.1) is 0 Å². The second-order valence-electron chi connectivity index (χ2n) is 4.61. The summed E-state index contributed by atoms with van der Waals surface area (Å²) in [7, 11) is 0. The average molecular weight is 257 g/mol. The Bertz CT molecular complexity index is 561. The van der Waals surface area contributed by atoms with Crippen LogP contribution >= 0.6 is 0 Å². The highest BCUT2D eigenvalue weighted by Crippen LogP contribution is 2.11. The molecule has 0 saturated heterocycles. The Labute approximate surface area is 112 Å². The fraction of sp³-hybridized carbons (Fsp3) is 0.286. The molecule has 1 aromatic heterocycles. The fourth-order valence-corrected chi connectivity index (χ4v) is 1.80. The molecule has 0 atom stereocenters. The van der Waals surface area contributed by atoms with Gasteiger partial charge in [-0.3, -0.25) is 5.10 Å². The van der Waals surface area contributed by atoms with Crippen LogP contribution in [0.25, 0.3) is 0 Å². The van der Waals surface area contributed by atoms with Crippen molar-refractivity contribution in [1.82, 2.24) is 10.2 Å². The zero-order valence-corrected chi connectivity index (χ0v) is 11.5. The molecule has 0 bridgehead atoms. The van der Waals surface area contributed by atoms with Gasteiger partial charge in [0.25, 0.3) is 0 Å². The van der Waals surface area contributed by atoms with Crippen LogP contribution in [0.3, 0.4) is 0 Å². The lowest BCUT2D eigenvalue weighted by molar-refractivity contribution is 1.02. The third-order valence-electron chi connectivity index (χ3n) is 3.01. The molecule has 0 saturated carbocycles. The molecule has 5 nitrogen and oxygen atoms in total. The van der Waals surface area contributed by atoms with Crippen LogP contribution in [0.4, 0.5) is 5.69 Å². The highest BCUT2D eigenvalue weighted by Gasteiger charge is 2.05. The molecule has 0 amide bonds. The molecule has 19 heavy (non-hydrogen) atoms. The number of hydrogen-bond donors (Lipinski definition) is 3. The van der Waals surface area contributed by atoms with E-state index >= 15 is 0 Å². The Morgan fingerprint density at radius 2 is 1.95 bits per heavy atom. The summed E-state index contributed by atoms with van der Waals surface area (Å²) in [6, 6.07) is 8.01.